The van der Waals surface area contributed by atoms with Gasteiger partial charge in [-0.05, 0) is 97.6 Å². The van der Waals surface area contributed by atoms with Crippen LogP contribution in [0.3, 0.4) is 0 Å². The second-order valence-corrected chi connectivity index (χ2v) is 16.8. The van der Waals surface area contributed by atoms with Crippen molar-refractivity contribution in [1.82, 2.24) is 9.80 Å². The Labute approximate surface area is 334 Å². The maximum absolute atomic E-state index is 13.0. The van der Waals surface area contributed by atoms with Crippen molar-refractivity contribution >= 4 is 87.7 Å². The first-order valence-corrected chi connectivity index (χ1v) is 20.8. The zero-order valence-corrected chi connectivity index (χ0v) is 33.5. The number of nitrogens with zero attached hydrogens (tertiary/aromatic N) is 2. The minimum atomic E-state index is -0.472. The quantitative estimate of drug-likeness (QED) is 0.0582. The summed E-state index contributed by atoms with van der Waals surface area (Å²) in [4.78, 5) is 91.1. The van der Waals surface area contributed by atoms with Crippen molar-refractivity contribution < 1.29 is 38.3 Å². The van der Waals surface area contributed by atoms with Crippen molar-refractivity contribution in [3.8, 4) is 11.1 Å². The van der Waals surface area contributed by atoms with Gasteiger partial charge in [-0.3, -0.25) is 43.4 Å². The van der Waals surface area contributed by atoms with Crippen LogP contribution in [0.2, 0.25) is 0 Å². The largest absolute Gasteiger partial charge is 0.465 e. The van der Waals surface area contributed by atoms with E-state index in [1.165, 1.54) is 30.4 Å². The normalized spacial score (nSPS) is 18.6. The van der Waals surface area contributed by atoms with E-state index < -0.39 is 22.4 Å². The van der Waals surface area contributed by atoms with Crippen molar-refractivity contribution in [2.45, 2.75) is 88.6 Å². The van der Waals surface area contributed by atoms with Gasteiger partial charge in [-0.2, -0.15) is 0 Å². The van der Waals surface area contributed by atoms with Gasteiger partial charge < -0.3 is 26.2 Å². The molecule has 2 heterocycles. The minimum Gasteiger partial charge on any atom is -0.465 e. The summed E-state index contributed by atoms with van der Waals surface area (Å²) in [6.07, 6.45) is 2.85. The lowest BCUT2D eigenvalue weighted by Crippen LogP contribution is -2.34. The number of carbonyl (C=O) groups excluding carboxylic acids is 7. The Hall–Kier alpha value is -4.83. The first-order valence-electron chi connectivity index (χ1n) is 18.7. The molecule has 4 N–H and O–H groups in total. The second kappa shape index (κ2) is 19.4. The molecule has 2 aromatic carbocycles. The van der Waals surface area contributed by atoms with Gasteiger partial charge in [0.25, 0.3) is 0 Å². The van der Waals surface area contributed by atoms with Gasteiger partial charge in [-0.1, -0.05) is 12.1 Å². The minimum absolute atomic E-state index is 0.0167. The molecule has 0 bridgehead atoms. The number of ether oxygens (including phenoxy) is 1. The van der Waals surface area contributed by atoms with Crippen LogP contribution in [-0.2, 0) is 38.3 Å². The Morgan fingerprint density at radius 3 is 1.52 bits per heavy atom. The first kappa shape index (κ1) is 42.3. The van der Waals surface area contributed by atoms with E-state index >= 15 is 0 Å². The number of thioether (sulfide) groups is 2. The van der Waals surface area contributed by atoms with Crippen molar-refractivity contribution in [2.75, 3.05) is 41.8 Å². The molecule has 0 radical (unpaired) electrons. The second-order valence-electron chi connectivity index (χ2n) is 14.2. The Kier molecular flexibility index (Phi) is 14.6. The zero-order chi connectivity index (χ0) is 40.5. The highest BCUT2D eigenvalue weighted by Gasteiger charge is 2.40. The van der Waals surface area contributed by atoms with Crippen LogP contribution in [-0.4, -0.2) is 104 Å². The standard InChI is InChI=1S/C40H48N6O8S2/c1-23(41)6-4-16-55-33-20-37(50)45(39(33)52)14-12-35(48)43-26-8-10-28-29-11-9-27(19-31(29)32(30(28)18-26)22-54-25(3)47)44-36(49)13-15-46-38(51)21-34(40(46)53)56-17-5-7-24(2)42/h8-11,18-19,32-34,41-42H,4-7,12-17,20-22H2,1-3H3,(H,43,48)(H,44,49). The number of esters is 1. The number of hydrogen-bond donors (Lipinski definition) is 4. The Bertz CT molecular complexity index is 1810. The van der Waals surface area contributed by atoms with Crippen LogP contribution in [0.15, 0.2) is 36.4 Å². The maximum atomic E-state index is 13.0. The van der Waals surface area contributed by atoms with Gasteiger partial charge >= 0.3 is 5.97 Å². The topological polar surface area (TPSA) is 207 Å². The van der Waals surface area contributed by atoms with Crippen LogP contribution in [0.5, 0.6) is 0 Å². The molecule has 16 heteroatoms. The summed E-state index contributed by atoms with van der Waals surface area (Å²) in [5.41, 5.74) is 5.47. The molecule has 2 saturated heterocycles. The summed E-state index contributed by atoms with van der Waals surface area (Å²) in [6.45, 7) is 4.74. The fourth-order valence-corrected chi connectivity index (χ4v) is 9.18. The van der Waals surface area contributed by atoms with E-state index in [9.17, 15) is 33.6 Å². The number of likely N-dealkylation sites (tertiary alicyclic amines) is 2. The van der Waals surface area contributed by atoms with Gasteiger partial charge in [-0.25, -0.2) is 0 Å². The van der Waals surface area contributed by atoms with Gasteiger partial charge in [0.2, 0.25) is 35.4 Å². The smallest absolute Gasteiger partial charge is 0.302 e. The van der Waals surface area contributed by atoms with Gasteiger partial charge in [-0.15, -0.1) is 23.5 Å². The fraction of sp³-hybridized carbons (Fsp3) is 0.475. The Morgan fingerprint density at radius 1 is 0.696 bits per heavy atom. The van der Waals surface area contributed by atoms with Gasteiger partial charge in [0.05, 0.1) is 10.5 Å². The highest BCUT2D eigenvalue weighted by Crippen LogP contribution is 2.47. The van der Waals surface area contributed by atoms with Crippen LogP contribution in [0.25, 0.3) is 11.1 Å². The number of fused-ring (bicyclic) bond motifs is 3. The van der Waals surface area contributed by atoms with Crippen LogP contribution < -0.4 is 10.6 Å². The van der Waals surface area contributed by atoms with Gasteiger partial charge in [0, 0.05) is 74.4 Å². The zero-order valence-electron chi connectivity index (χ0n) is 31.9. The summed E-state index contributed by atoms with van der Waals surface area (Å²) in [5, 5.41) is 19.9. The molecule has 298 valence electrons. The van der Waals surface area contributed by atoms with E-state index in [1.807, 2.05) is 12.1 Å². The van der Waals surface area contributed by atoms with Crippen LogP contribution >= 0.6 is 23.5 Å². The Morgan fingerprint density at radius 2 is 1.12 bits per heavy atom. The number of amides is 6. The van der Waals surface area contributed by atoms with Crippen molar-refractivity contribution in [3.05, 3.63) is 47.5 Å². The highest BCUT2D eigenvalue weighted by atomic mass is 32.2. The van der Waals surface area contributed by atoms with E-state index in [1.54, 1.807) is 38.1 Å². The number of hydrogen-bond acceptors (Lipinski definition) is 12. The molecule has 2 unspecified atom stereocenters. The molecule has 2 aromatic rings. The summed E-state index contributed by atoms with van der Waals surface area (Å²) in [6, 6.07) is 10.8. The lowest BCUT2D eigenvalue weighted by atomic mass is 9.97. The molecule has 2 fully saturated rings. The first-order chi connectivity index (χ1) is 26.7. The third-order valence-electron chi connectivity index (χ3n) is 9.73. The monoisotopic (exact) mass is 804 g/mol. The number of carbonyl (C=O) groups is 7. The number of rotatable bonds is 20. The number of imide groups is 2. The molecule has 0 aromatic heterocycles. The van der Waals surface area contributed by atoms with Gasteiger partial charge in [0.1, 0.15) is 6.61 Å². The predicted octanol–water partition coefficient (Wildman–Crippen LogP) is 5.38. The summed E-state index contributed by atoms with van der Waals surface area (Å²) in [7, 11) is 0. The summed E-state index contributed by atoms with van der Waals surface area (Å²) in [5.74, 6) is -1.46. The predicted molar refractivity (Wildman–Crippen MR) is 217 cm³/mol. The molecule has 5 rings (SSSR count). The highest BCUT2D eigenvalue weighted by molar-refractivity contribution is 8.00. The van der Waals surface area contributed by atoms with E-state index in [0.717, 1.165) is 44.9 Å². The van der Waals surface area contributed by atoms with Gasteiger partial charge in [0.15, 0.2) is 0 Å². The van der Waals surface area contributed by atoms with E-state index in [4.69, 9.17) is 15.6 Å². The van der Waals surface area contributed by atoms with E-state index in [0.29, 0.717) is 47.1 Å². The van der Waals surface area contributed by atoms with Crippen LogP contribution in [0, 0.1) is 10.8 Å². The molecule has 2 aliphatic heterocycles. The SMILES string of the molecule is CC(=N)CCCSC1CC(=O)N(CCC(=O)Nc2ccc3c(c2)C(COC(C)=O)c2cc(NC(=O)CCN4C(=O)CC(SCCCC(C)=N)C4=O)ccc2-3)C1=O. The van der Waals surface area contributed by atoms with Crippen LogP contribution in [0.1, 0.15) is 89.2 Å². The molecule has 6 amide bonds. The number of nitrogens with one attached hydrogen (secondary N) is 4. The van der Waals surface area contributed by atoms with E-state index in [2.05, 4.69) is 10.6 Å². The van der Waals surface area contributed by atoms with Crippen LogP contribution in [0.4, 0.5) is 11.4 Å². The van der Waals surface area contributed by atoms with Crippen molar-refractivity contribution in [1.29, 1.82) is 10.8 Å². The van der Waals surface area contributed by atoms with E-state index in [-0.39, 0.29) is 80.8 Å². The van der Waals surface area contributed by atoms with Crippen molar-refractivity contribution in [3.63, 3.8) is 0 Å². The summed E-state index contributed by atoms with van der Waals surface area (Å²) < 4.78 is 5.44. The molecule has 2 atom stereocenters. The molecule has 0 saturated carbocycles. The Balaban J connectivity index is 1.17. The molecule has 14 nitrogen and oxygen atoms in total. The van der Waals surface area contributed by atoms with Crippen molar-refractivity contribution in [2.24, 2.45) is 0 Å². The third-order valence-corrected chi connectivity index (χ3v) is 12.3. The fourth-order valence-electron chi connectivity index (χ4n) is 6.93. The molecular weight excluding hydrogens is 757 g/mol. The average molecular weight is 805 g/mol. The number of anilines is 2. The third kappa shape index (κ3) is 10.9. The molecule has 1 aliphatic carbocycles. The average Bonchev–Trinajstić information content (AvgIpc) is 3.70. The molecule has 3 aliphatic rings. The lowest BCUT2D eigenvalue weighted by Gasteiger charge is -2.17. The molecule has 56 heavy (non-hydrogen) atoms. The summed E-state index contributed by atoms with van der Waals surface area (Å²) >= 11 is 2.83. The number of benzene rings is 2. The molecule has 0 spiro atoms. The molecular formula is C40H48N6O8S2. The lowest BCUT2D eigenvalue weighted by molar-refractivity contribution is -0.141. The maximum Gasteiger partial charge on any atom is 0.302 e.